The summed E-state index contributed by atoms with van der Waals surface area (Å²) in [5.74, 6) is 0.703. The maximum Gasteiger partial charge on any atom is 0.376 e. The van der Waals surface area contributed by atoms with Crippen molar-refractivity contribution >= 4 is 10.8 Å². The van der Waals surface area contributed by atoms with Gasteiger partial charge in [0.25, 0.3) is 0 Å². The highest BCUT2D eigenvalue weighted by molar-refractivity contribution is 5.85. The van der Waals surface area contributed by atoms with Crippen molar-refractivity contribution in [3.63, 3.8) is 0 Å². The quantitative estimate of drug-likeness (QED) is 0.305. The summed E-state index contributed by atoms with van der Waals surface area (Å²) in [6, 6.07) is 20.2. The van der Waals surface area contributed by atoms with Gasteiger partial charge in [0.1, 0.15) is 0 Å². The SMILES string of the molecule is [N-]=[N+]=NCOc1c2ccccc2cc[n+]1Cc1ccccc1. The van der Waals surface area contributed by atoms with Crippen LogP contribution < -0.4 is 9.30 Å². The molecule has 0 aliphatic carbocycles. The molecule has 0 aliphatic rings. The largest absolute Gasteiger partial charge is 0.438 e. The lowest BCUT2D eigenvalue weighted by molar-refractivity contribution is -0.692. The smallest absolute Gasteiger partial charge is 0.376 e. The van der Waals surface area contributed by atoms with E-state index in [1.54, 1.807) is 0 Å². The molecule has 1 heterocycles. The Morgan fingerprint density at radius 2 is 1.77 bits per heavy atom. The summed E-state index contributed by atoms with van der Waals surface area (Å²) in [5.41, 5.74) is 9.61. The Labute approximate surface area is 128 Å². The van der Waals surface area contributed by atoms with Crippen LogP contribution in [0.2, 0.25) is 0 Å². The van der Waals surface area contributed by atoms with E-state index < -0.39 is 0 Å². The lowest BCUT2D eigenvalue weighted by atomic mass is 10.1. The molecule has 3 aromatic rings. The van der Waals surface area contributed by atoms with Crippen LogP contribution >= 0.6 is 0 Å². The molecule has 0 saturated heterocycles. The van der Waals surface area contributed by atoms with Crippen LogP contribution in [0.1, 0.15) is 5.56 Å². The van der Waals surface area contributed by atoms with Crippen LogP contribution in [0, 0.1) is 0 Å². The second-order valence-corrected chi connectivity index (χ2v) is 4.83. The first kappa shape index (κ1) is 13.9. The van der Waals surface area contributed by atoms with E-state index in [2.05, 4.69) is 28.2 Å². The molecular formula is C17H15N4O+. The highest BCUT2D eigenvalue weighted by Gasteiger charge is 2.17. The first-order valence-corrected chi connectivity index (χ1v) is 6.97. The van der Waals surface area contributed by atoms with Crippen molar-refractivity contribution in [1.29, 1.82) is 0 Å². The molecule has 2 aromatic carbocycles. The van der Waals surface area contributed by atoms with E-state index in [-0.39, 0.29) is 6.73 Å². The number of fused-ring (bicyclic) bond motifs is 1. The van der Waals surface area contributed by atoms with Crippen molar-refractivity contribution in [3.05, 3.63) is 82.9 Å². The minimum atomic E-state index is -0.0285. The molecule has 0 amide bonds. The molecule has 0 N–H and O–H groups in total. The number of hydrogen-bond donors (Lipinski definition) is 0. The fourth-order valence-corrected chi connectivity index (χ4v) is 2.41. The molecule has 5 nitrogen and oxygen atoms in total. The van der Waals surface area contributed by atoms with Gasteiger partial charge in [0.15, 0.2) is 19.5 Å². The molecule has 108 valence electrons. The van der Waals surface area contributed by atoms with Crippen molar-refractivity contribution < 1.29 is 9.30 Å². The predicted octanol–water partition coefficient (Wildman–Crippen LogP) is 3.82. The average molecular weight is 291 g/mol. The number of benzene rings is 2. The molecule has 0 spiro atoms. The predicted molar refractivity (Wildman–Crippen MR) is 84.3 cm³/mol. The third kappa shape index (κ3) is 3.00. The van der Waals surface area contributed by atoms with Crippen LogP contribution in [0.15, 0.2) is 72.0 Å². The normalized spacial score (nSPS) is 10.2. The summed E-state index contributed by atoms with van der Waals surface area (Å²) in [5, 5.41) is 5.55. The van der Waals surface area contributed by atoms with Crippen LogP contribution in [-0.4, -0.2) is 6.73 Å². The van der Waals surface area contributed by atoms with Crippen LogP contribution in [0.3, 0.4) is 0 Å². The van der Waals surface area contributed by atoms with E-state index in [9.17, 15) is 0 Å². The summed E-state index contributed by atoms with van der Waals surface area (Å²) >= 11 is 0. The fraction of sp³-hybridized carbons (Fsp3) is 0.118. The van der Waals surface area contributed by atoms with Gasteiger partial charge < -0.3 is 4.74 Å². The molecular weight excluding hydrogens is 276 g/mol. The van der Waals surface area contributed by atoms with Crippen molar-refractivity contribution in [1.82, 2.24) is 0 Å². The molecule has 5 heteroatoms. The molecule has 0 aliphatic heterocycles. The van der Waals surface area contributed by atoms with Gasteiger partial charge in [0.05, 0.1) is 5.39 Å². The molecule has 0 saturated carbocycles. The summed E-state index contributed by atoms with van der Waals surface area (Å²) in [4.78, 5) is 2.74. The molecule has 0 radical (unpaired) electrons. The second-order valence-electron chi connectivity index (χ2n) is 4.83. The lowest BCUT2D eigenvalue weighted by Crippen LogP contribution is -2.36. The highest BCUT2D eigenvalue weighted by atomic mass is 16.5. The third-order valence-corrected chi connectivity index (χ3v) is 3.40. The van der Waals surface area contributed by atoms with Gasteiger partial charge in [0, 0.05) is 16.5 Å². The van der Waals surface area contributed by atoms with Gasteiger partial charge in [-0.1, -0.05) is 53.6 Å². The van der Waals surface area contributed by atoms with Crippen molar-refractivity contribution in [2.75, 3.05) is 6.73 Å². The van der Waals surface area contributed by atoms with E-state index in [1.165, 1.54) is 5.56 Å². The molecule has 0 atom stereocenters. The number of ether oxygens (including phenoxy) is 1. The minimum absolute atomic E-state index is 0.0285. The van der Waals surface area contributed by atoms with Crippen molar-refractivity contribution in [3.8, 4) is 5.88 Å². The molecule has 1 aromatic heterocycles. The monoisotopic (exact) mass is 291 g/mol. The number of azide groups is 1. The zero-order chi connectivity index (χ0) is 15.2. The first-order valence-electron chi connectivity index (χ1n) is 6.97. The third-order valence-electron chi connectivity index (χ3n) is 3.40. The molecule has 0 fully saturated rings. The van der Waals surface area contributed by atoms with Crippen molar-refractivity contribution in [2.45, 2.75) is 6.54 Å². The Morgan fingerprint density at radius 1 is 1.00 bits per heavy atom. The topological polar surface area (TPSA) is 61.9 Å². The number of hydrogen-bond acceptors (Lipinski definition) is 2. The molecule has 3 rings (SSSR count). The summed E-state index contributed by atoms with van der Waals surface area (Å²) in [6.07, 6.45) is 1.99. The Hall–Kier alpha value is -3.04. The summed E-state index contributed by atoms with van der Waals surface area (Å²) in [7, 11) is 0. The number of nitrogens with zero attached hydrogens (tertiary/aromatic N) is 4. The van der Waals surface area contributed by atoms with Gasteiger partial charge >= 0.3 is 5.88 Å². The Kier molecular flexibility index (Phi) is 4.18. The maximum atomic E-state index is 8.43. The van der Waals surface area contributed by atoms with Gasteiger partial charge in [-0.3, -0.25) is 0 Å². The summed E-state index contributed by atoms with van der Waals surface area (Å²) < 4.78 is 7.72. The van der Waals surface area contributed by atoms with Gasteiger partial charge in [-0.2, -0.15) is 4.57 Å². The number of rotatable bonds is 5. The van der Waals surface area contributed by atoms with Crippen LogP contribution in [-0.2, 0) is 6.54 Å². The standard InChI is InChI=1S/C17H15N4O/c18-20-19-13-22-17-16-9-5-4-8-15(16)10-11-21(17)12-14-6-2-1-3-7-14/h1-11H,12-13H2/q+1. The fourth-order valence-electron chi connectivity index (χ4n) is 2.41. The van der Waals surface area contributed by atoms with E-state index in [4.69, 9.17) is 10.3 Å². The molecule has 0 bridgehead atoms. The first-order chi connectivity index (χ1) is 10.9. The lowest BCUT2D eigenvalue weighted by Gasteiger charge is -2.07. The van der Waals surface area contributed by atoms with E-state index in [0.717, 1.165) is 10.8 Å². The zero-order valence-electron chi connectivity index (χ0n) is 12.0. The van der Waals surface area contributed by atoms with Gasteiger partial charge in [0.2, 0.25) is 0 Å². The Morgan fingerprint density at radius 3 is 2.59 bits per heavy atom. The number of pyridine rings is 1. The van der Waals surface area contributed by atoms with E-state index >= 15 is 0 Å². The van der Waals surface area contributed by atoms with Crippen LogP contribution in [0.25, 0.3) is 21.2 Å². The second kappa shape index (κ2) is 6.61. The van der Waals surface area contributed by atoms with Crippen molar-refractivity contribution in [2.24, 2.45) is 5.11 Å². The molecule has 0 unspecified atom stereocenters. The summed E-state index contributed by atoms with van der Waals surface area (Å²) in [6.45, 7) is 0.663. The Balaban J connectivity index is 2.03. The maximum absolute atomic E-state index is 8.43. The van der Waals surface area contributed by atoms with Gasteiger partial charge in [-0.15, -0.1) is 0 Å². The van der Waals surface area contributed by atoms with Gasteiger partial charge in [-0.05, 0) is 17.0 Å². The minimum Gasteiger partial charge on any atom is -0.438 e. The van der Waals surface area contributed by atoms with E-state index in [0.29, 0.717) is 12.4 Å². The van der Waals surface area contributed by atoms with Crippen LogP contribution in [0.4, 0.5) is 0 Å². The van der Waals surface area contributed by atoms with Gasteiger partial charge in [-0.25, -0.2) is 0 Å². The zero-order valence-corrected chi connectivity index (χ0v) is 12.0. The number of aromatic nitrogens is 1. The van der Waals surface area contributed by atoms with Crippen LogP contribution in [0.5, 0.6) is 5.88 Å². The Bertz CT molecular complexity index is 826. The van der Waals surface area contributed by atoms with E-state index in [1.807, 2.05) is 53.2 Å². The highest BCUT2D eigenvalue weighted by Crippen LogP contribution is 2.21. The molecule has 22 heavy (non-hydrogen) atoms. The average Bonchev–Trinajstić information content (AvgIpc) is 2.57.